The predicted octanol–water partition coefficient (Wildman–Crippen LogP) is 2.70. The van der Waals surface area contributed by atoms with Crippen LogP contribution in [0.15, 0.2) is 36.4 Å². The van der Waals surface area contributed by atoms with Crippen LogP contribution in [0, 0.1) is 30.1 Å². The molecule has 2 bridgehead atoms. The van der Waals surface area contributed by atoms with Gasteiger partial charge < -0.3 is 0 Å². The first-order valence-electron chi connectivity index (χ1n) is 7.17. The van der Waals surface area contributed by atoms with Crippen molar-refractivity contribution in [1.29, 1.82) is 0 Å². The van der Waals surface area contributed by atoms with Crippen LogP contribution in [0.1, 0.15) is 18.9 Å². The van der Waals surface area contributed by atoms with Crippen LogP contribution in [-0.4, -0.2) is 11.8 Å². The van der Waals surface area contributed by atoms with Crippen molar-refractivity contribution in [3.63, 3.8) is 0 Å². The van der Waals surface area contributed by atoms with Gasteiger partial charge in [-0.3, -0.25) is 9.59 Å². The maximum Gasteiger partial charge on any atom is 0.241 e. The highest BCUT2D eigenvalue weighted by Crippen LogP contribution is 2.60. The smallest absolute Gasteiger partial charge is 0.241 e. The van der Waals surface area contributed by atoms with Crippen LogP contribution in [-0.2, 0) is 9.59 Å². The highest BCUT2D eigenvalue weighted by Gasteiger charge is 2.67. The molecule has 1 aromatic rings. The van der Waals surface area contributed by atoms with Gasteiger partial charge in [-0.05, 0) is 49.8 Å². The number of amides is 2. The van der Waals surface area contributed by atoms with E-state index >= 15 is 0 Å². The van der Waals surface area contributed by atoms with E-state index in [0.29, 0.717) is 0 Å². The summed E-state index contributed by atoms with van der Waals surface area (Å²) in [5.41, 5.74) is 1.25. The van der Waals surface area contributed by atoms with Crippen LogP contribution >= 0.6 is 0 Å². The van der Waals surface area contributed by atoms with E-state index in [2.05, 4.69) is 12.2 Å². The van der Waals surface area contributed by atoms with E-state index in [1.54, 1.807) is 0 Å². The van der Waals surface area contributed by atoms with Gasteiger partial charge in [0.25, 0.3) is 0 Å². The maximum absolute atomic E-state index is 12.9. The molecule has 1 aliphatic heterocycles. The van der Waals surface area contributed by atoms with Crippen molar-refractivity contribution in [2.75, 3.05) is 4.90 Å². The minimum Gasteiger partial charge on any atom is -0.274 e. The molecule has 4 atom stereocenters. The van der Waals surface area contributed by atoms with Crippen LogP contribution < -0.4 is 4.90 Å². The van der Waals surface area contributed by atoms with Gasteiger partial charge in [0, 0.05) is 0 Å². The second kappa shape index (κ2) is 3.60. The van der Waals surface area contributed by atoms with Crippen LogP contribution in [0.5, 0.6) is 0 Å². The van der Waals surface area contributed by atoms with Crippen molar-refractivity contribution in [3.05, 3.63) is 42.0 Å². The second-order valence-electron chi connectivity index (χ2n) is 6.47. The van der Waals surface area contributed by atoms with Gasteiger partial charge in [0.2, 0.25) is 11.8 Å². The van der Waals surface area contributed by atoms with Gasteiger partial charge >= 0.3 is 0 Å². The number of anilines is 1. The van der Waals surface area contributed by atoms with Crippen molar-refractivity contribution < 1.29 is 9.59 Å². The molecule has 1 aromatic carbocycles. The summed E-state index contributed by atoms with van der Waals surface area (Å²) in [6.45, 7) is 3.95. The van der Waals surface area contributed by atoms with Gasteiger partial charge in [0.1, 0.15) is 0 Å². The first-order chi connectivity index (χ1) is 9.53. The molecule has 0 aromatic heterocycles. The monoisotopic (exact) mass is 267 g/mol. The van der Waals surface area contributed by atoms with Crippen molar-refractivity contribution in [2.45, 2.75) is 20.3 Å². The fourth-order valence-corrected chi connectivity index (χ4v) is 4.32. The van der Waals surface area contributed by atoms with Crippen LogP contribution in [0.25, 0.3) is 0 Å². The average Bonchev–Trinajstić information content (AvgIpc) is 3.03. The first kappa shape index (κ1) is 11.9. The van der Waals surface area contributed by atoms with Crippen LogP contribution in [0.2, 0.25) is 0 Å². The van der Waals surface area contributed by atoms with Gasteiger partial charge in [-0.1, -0.05) is 24.3 Å². The summed E-state index contributed by atoms with van der Waals surface area (Å²) in [5.74, 6) is 0.278. The summed E-state index contributed by atoms with van der Waals surface area (Å²) in [7, 11) is 0. The molecule has 3 heteroatoms. The summed E-state index contributed by atoms with van der Waals surface area (Å²) in [5, 5.41) is 0. The third-order valence-electron chi connectivity index (χ3n) is 5.37. The third-order valence-corrected chi connectivity index (χ3v) is 5.37. The molecule has 1 saturated heterocycles. The van der Waals surface area contributed by atoms with E-state index < -0.39 is 5.41 Å². The number of rotatable bonds is 1. The lowest BCUT2D eigenvalue weighted by atomic mass is 9.71. The van der Waals surface area contributed by atoms with E-state index in [4.69, 9.17) is 0 Å². The maximum atomic E-state index is 12.9. The van der Waals surface area contributed by atoms with Crippen molar-refractivity contribution >= 4 is 17.5 Å². The number of hydrogen-bond donors (Lipinski definition) is 0. The van der Waals surface area contributed by atoms with Gasteiger partial charge in [-0.2, -0.15) is 0 Å². The zero-order chi connectivity index (χ0) is 14.1. The summed E-state index contributed by atoms with van der Waals surface area (Å²) in [4.78, 5) is 27.1. The molecule has 0 unspecified atom stereocenters. The van der Waals surface area contributed by atoms with Gasteiger partial charge in [0.05, 0.1) is 17.0 Å². The third kappa shape index (κ3) is 1.21. The minimum absolute atomic E-state index is 0.0139. The summed E-state index contributed by atoms with van der Waals surface area (Å²) in [6.07, 6.45) is 5.22. The molecule has 2 amide bonds. The SMILES string of the molecule is Cc1cccc(N2C(=O)[C@@H]3[C@H]4C=C[C@@H](C4)[C@]3(C)C2=O)c1. The number of benzene rings is 1. The molecular formula is C17H17NO2. The highest BCUT2D eigenvalue weighted by molar-refractivity contribution is 6.24. The molecule has 3 aliphatic rings. The Morgan fingerprint density at radius 1 is 1.25 bits per heavy atom. The molecule has 4 rings (SSSR count). The number of nitrogens with zero attached hydrogens (tertiary/aromatic N) is 1. The first-order valence-corrected chi connectivity index (χ1v) is 7.17. The lowest BCUT2D eigenvalue weighted by molar-refractivity contribution is -0.127. The number of fused-ring (bicyclic) bond motifs is 5. The second-order valence-corrected chi connectivity index (χ2v) is 6.47. The minimum atomic E-state index is -0.528. The fourth-order valence-electron chi connectivity index (χ4n) is 4.32. The Balaban J connectivity index is 1.82. The van der Waals surface area contributed by atoms with Crippen molar-refractivity contribution in [2.24, 2.45) is 23.2 Å². The Bertz CT molecular complexity index is 663. The molecule has 20 heavy (non-hydrogen) atoms. The van der Waals surface area contributed by atoms with Gasteiger partial charge in [-0.25, -0.2) is 4.90 Å². The summed E-state index contributed by atoms with van der Waals surface area (Å²) < 4.78 is 0. The van der Waals surface area contributed by atoms with E-state index in [0.717, 1.165) is 17.7 Å². The van der Waals surface area contributed by atoms with Crippen molar-refractivity contribution in [1.82, 2.24) is 0 Å². The Labute approximate surface area is 118 Å². The largest absolute Gasteiger partial charge is 0.274 e. The summed E-state index contributed by atoms with van der Waals surface area (Å²) >= 11 is 0. The molecule has 2 fully saturated rings. The normalized spacial score (nSPS) is 37.9. The lowest BCUT2D eigenvalue weighted by Gasteiger charge is -2.28. The Morgan fingerprint density at radius 2 is 2.05 bits per heavy atom. The zero-order valence-corrected chi connectivity index (χ0v) is 11.7. The Hall–Kier alpha value is -1.90. The van der Waals surface area contributed by atoms with E-state index in [9.17, 15) is 9.59 Å². The van der Waals surface area contributed by atoms with Gasteiger partial charge in [0.15, 0.2) is 0 Å². The van der Waals surface area contributed by atoms with E-state index in [1.807, 2.05) is 38.1 Å². The standard InChI is InChI=1S/C17H17NO2/c1-10-4-3-5-13(8-10)18-15(19)14-11-6-7-12(9-11)17(14,2)16(18)20/h3-8,11-12,14H,9H2,1-2H3/t11-,12-,14-,17-/m0/s1. The number of allylic oxidation sites excluding steroid dienone is 2. The molecule has 0 radical (unpaired) electrons. The molecule has 1 heterocycles. The number of aryl methyl sites for hydroxylation is 1. The van der Waals surface area contributed by atoms with Gasteiger partial charge in [-0.15, -0.1) is 0 Å². The zero-order valence-electron chi connectivity index (χ0n) is 11.7. The van der Waals surface area contributed by atoms with Crippen molar-refractivity contribution in [3.8, 4) is 0 Å². The van der Waals surface area contributed by atoms with Crippen LogP contribution in [0.4, 0.5) is 5.69 Å². The molecule has 1 saturated carbocycles. The molecule has 2 aliphatic carbocycles. The number of hydrogen-bond acceptors (Lipinski definition) is 2. The number of imide groups is 1. The Morgan fingerprint density at radius 3 is 2.75 bits per heavy atom. The quantitative estimate of drug-likeness (QED) is 0.579. The van der Waals surface area contributed by atoms with E-state index in [-0.39, 0.29) is 29.6 Å². The van der Waals surface area contributed by atoms with E-state index in [1.165, 1.54) is 4.90 Å². The highest BCUT2D eigenvalue weighted by atomic mass is 16.2. The fraction of sp³-hybridized carbons (Fsp3) is 0.412. The predicted molar refractivity (Wildman–Crippen MR) is 76.0 cm³/mol. The lowest BCUT2D eigenvalue weighted by Crippen LogP contribution is -2.37. The molecular weight excluding hydrogens is 250 g/mol. The Kier molecular flexibility index (Phi) is 2.14. The molecule has 3 nitrogen and oxygen atoms in total. The topological polar surface area (TPSA) is 37.4 Å². The molecule has 102 valence electrons. The van der Waals surface area contributed by atoms with Crippen LogP contribution in [0.3, 0.4) is 0 Å². The average molecular weight is 267 g/mol. The number of carbonyl (C=O) groups is 2. The number of carbonyl (C=O) groups excluding carboxylic acids is 2. The molecule has 0 N–H and O–H groups in total. The summed E-state index contributed by atoms with van der Waals surface area (Å²) in [6, 6.07) is 7.63. The molecule has 0 spiro atoms.